The Morgan fingerprint density at radius 2 is 1.72 bits per heavy atom. The SMILES string of the molecule is COc1cc(C(=O)C(C)(C)O)c(OC)c(C)c1C. The molecule has 18 heavy (non-hydrogen) atoms. The van der Waals surface area contributed by atoms with Gasteiger partial charge in [-0.1, -0.05) is 0 Å². The Labute approximate surface area is 108 Å². The van der Waals surface area contributed by atoms with Gasteiger partial charge in [0.1, 0.15) is 17.1 Å². The lowest BCUT2D eigenvalue weighted by Crippen LogP contribution is -2.31. The molecule has 0 heterocycles. The highest BCUT2D eigenvalue weighted by atomic mass is 16.5. The summed E-state index contributed by atoms with van der Waals surface area (Å²) >= 11 is 0. The lowest BCUT2D eigenvalue weighted by molar-refractivity contribution is 0.0484. The first kappa shape index (κ1) is 14.5. The van der Waals surface area contributed by atoms with Crippen LogP contribution in [0.3, 0.4) is 0 Å². The zero-order chi connectivity index (χ0) is 14.1. The molecule has 0 fully saturated rings. The molecule has 0 aromatic heterocycles. The maximum atomic E-state index is 12.2. The molecule has 0 aliphatic rings. The first-order valence-corrected chi connectivity index (χ1v) is 5.73. The summed E-state index contributed by atoms with van der Waals surface area (Å²) in [6.45, 7) is 6.67. The van der Waals surface area contributed by atoms with Crippen LogP contribution in [0.25, 0.3) is 0 Å². The highest BCUT2D eigenvalue weighted by molar-refractivity contribution is 6.04. The smallest absolute Gasteiger partial charge is 0.197 e. The average molecular weight is 252 g/mol. The van der Waals surface area contributed by atoms with Crippen molar-refractivity contribution in [3.8, 4) is 11.5 Å². The van der Waals surface area contributed by atoms with E-state index >= 15 is 0 Å². The predicted molar refractivity (Wildman–Crippen MR) is 69.6 cm³/mol. The van der Waals surface area contributed by atoms with Crippen molar-refractivity contribution in [1.82, 2.24) is 0 Å². The molecule has 0 unspecified atom stereocenters. The summed E-state index contributed by atoms with van der Waals surface area (Å²) in [5.74, 6) is 0.710. The summed E-state index contributed by atoms with van der Waals surface area (Å²) < 4.78 is 10.5. The normalized spacial score (nSPS) is 11.3. The van der Waals surface area contributed by atoms with Crippen molar-refractivity contribution >= 4 is 5.78 Å². The fourth-order valence-corrected chi connectivity index (χ4v) is 1.84. The number of methoxy groups -OCH3 is 2. The number of hydrogen-bond acceptors (Lipinski definition) is 4. The second-order valence-electron chi connectivity index (χ2n) is 4.80. The third-order valence-electron chi connectivity index (χ3n) is 3.02. The number of aliphatic hydroxyl groups is 1. The van der Waals surface area contributed by atoms with Crippen molar-refractivity contribution in [3.05, 3.63) is 22.8 Å². The largest absolute Gasteiger partial charge is 0.496 e. The fourth-order valence-electron chi connectivity index (χ4n) is 1.84. The number of carbonyl (C=O) groups excluding carboxylic acids is 1. The van der Waals surface area contributed by atoms with Crippen LogP contribution in [0.1, 0.15) is 35.3 Å². The monoisotopic (exact) mass is 252 g/mol. The number of ether oxygens (including phenoxy) is 2. The van der Waals surface area contributed by atoms with Crippen LogP contribution in [0, 0.1) is 13.8 Å². The van der Waals surface area contributed by atoms with Gasteiger partial charge in [-0.15, -0.1) is 0 Å². The summed E-state index contributed by atoms with van der Waals surface area (Å²) in [7, 11) is 3.06. The molecule has 0 saturated heterocycles. The summed E-state index contributed by atoms with van der Waals surface area (Å²) in [5.41, 5.74) is 0.649. The number of hydrogen-bond donors (Lipinski definition) is 1. The Balaban J connectivity index is 3.53. The third kappa shape index (κ3) is 2.48. The van der Waals surface area contributed by atoms with Crippen LogP contribution in [0.5, 0.6) is 11.5 Å². The minimum Gasteiger partial charge on any atom is -0.496 e. The third-order valence-corrected chi connectivity index (χ3v) is 3.02. The van der Waals surface area contributed by atoms with Gasteiger partial charge in [0.05, 0.1) is 19.8 Å². The van der Waals surface area contributed by atoms with E-state index in [4.69, 9.17) is 9.47 Å². The molecule has 1 N–H and O–H groups in total. The first-order valence-electron chi connectivity index (χ1n) is 5.73. The van der Waals surface area contributed by atoms with Crippen molar-refractivity contribution in [3.63, 3.8) is 0 Å². The second-order valence-corrected chi connectivity index (χ2v) is 4.80. The highest BCUT2D eigenvalue weighted by Crippen LogP contribution is 2.35. The maximum absolute atomic E-state index is 12.2. The highest BCUT2D eigenvalue weighted by Gasteiger charge is 2.29. The van der Waals surface area contributed by atoms with E-state index in [-0.39, 0.29) is 5.78 Å². The standard InChI is InChI=1S/C14H20O4/c1-8-9(2)12(18-6)10(7-11(8)17-5)13(15)14(3,4)16/h7,16H,1-6H3. The van der Waals surface area contributed by atoms with Crippen LogP contribution in [0.4, 0.5) is 0 Å². The van der Waals surface area contributed by atoms with Gasteiger partial charge < -0.3 is 14.6 Å². The topological polar surface area (TPSA) is 55.8 Å². The van der Waals surface area contributed by atoms with Crippen molar-refractivity contribution in [2.45, 2.75) is 33.3 Å². The number of Topliss-reactive ketones (excluding diaryl/α,β-unsaturated/α-hetero) is 1. The van der Waals surface area contributed by atoms with E-state index in [0.717, 1.165) is 11.1 Å². The van der Waals surface area contributed by atoms with Crippen molar-refractivity contribution < 1.29 is 19.4 Å². The molecule has 0 atom stereocenters. The summed E-state index contributed by atoms with van der Waals surface area (Å²) in [4.78, 5) is 12.2. The molecule has 1 aromatic rings. The van der Waals surface area contributed by atoms with Gasteiger partial charge >= 0.3 is 0 Å². The molecule has 4 nitrogen and oxygen atoms in total. The Kier molecular flexibility index (Phi) is 4.02. The minimum absolute atomic E-state index is 0.338. The zero-order valence-electron chi connectivity index (χ0n) is 11.7. The predicted octanol–water partition coefficient (Wildman–Crippen LogP) is 2.27. The maximum Gasteiger partial charge on any atom is 0.197 e. The molecular formula is C14H20O4. The van der Waals surface area contributed by atoms with Crippen molar-refractivity contribution in [2.24, 2.45) is 0 Å². The zero-order valence-corrected chi connectivity index (χ0v) is 11.7. The van der Waals surface area contributed by atoms with Gasteiger partial charge in [0, 0.05) is 0 Å². The summed E-state index contributed by atoms with van der Waals surface area (Å²) in [6.07, 6.45) is 0. The molecular weight excluding hydrogens is 232 g/mol. The molecule has 0 saturated carbocycles. The summed E-state index contributed by atoms with van der Waals surface area (Å²) in [5, 5.41) is 9.84. The van der Waals surface area contributed by atoms with Crippen LogP contribution in [0.2, 0.25) is 0 Å². The van der Waals surface area contributed by atoms with E-state index in [1.54, 1.807) is 13.2 Å². The fraction of sp³-hybridized carbons (Fsp3) is 0.500. The van der Waals surface area contributed by atoms with Crippen LogP contribution >= 0.6 is 0 Å². The molecule has 4 heteroatoms. The Hall–Kier alpha value is -1.55. The lowest BCUT2D eigenvalue weighted by Gasteiger charge is -2.21. The Morgan fingerprint density at radius 1 is 1.17 bits per heavy atom. The quantitative estimate of drug-likeness (QED) is 0.835. The Bertz CT molecular complexity index is 470. The van der Waals surface area contributed by atoms with Crippen LogP contribution < -0.4 is 9.47 Å². The van der Waals surface area contributed by atoms with Crippen LogP contribution in [0.15, 0.2) is 6.07 Å². The van der Waals surface area contributed by atoms with Crippen LogP contribution in [-0.2, 0) is 0 Å². The molecule has 1 rings (SSSR count). The van der Waals surface area contributed by atoms with Gasteiger partial charge in [-0.2, -0.15) is 0 Å². The van der Waals surface area contributed by atoms with Crippen LogP contribution in [-0.4, -0.2) is 30.7 Å². The van der Waals surface area contributed by atoms with Gasteiger partial charge in [0.25, 0.3) is 0 Å². The molecule has 0 amide bonds. The van der Waals surface area contributed by atoms with Gasteiger partial charge in [-0.25, -0.2) is 0 Å². The lowest BCUT2D eigenvalue weighted by atomic mass is 9.92. The van der Waals surface area contributed by atoms with Crippen molar-refractivity contribution in [1.29, 1.82) is 0 Å². The van der Waals surface area contributed by atoms with E-state index in [1.807, 2.05) is 13.8 Å². The average Bonchev–Trinajstić information content (AvgIpc) is 2.30. The van der Waals surface area contributed by atoms with E-state index in [9.17, 15) is 9.90 Å². The van der Waals surface area contributed by atoms with Gasteiger partial charge in [0.2, 0.25) is 0 Å². The molecule has 0 radical (unpaired) electrons. The summed E-state index contributed by atoms with van der Waals surface area (Å²) in [6, 6.07) is 1.61. The molecule has 0 aliphatic heterocycles. The van der Waals surface area contributed by atoms with E-state index in [1.165, 1.54) is 21.0 Å². The van der Waals surface area contributed by atoms with Gasteiger partial charge in [-0.05, 0) is 44.9 Å². The van der Waals surface area contributed by atoms with E-state index in [2.05, 4.69) is 0 Å². The number of rotatable bonds is 4. The number of carbonyl (C=O) groups is 1. The molecule has 0 bridgehead atoms. The number of benzene rings is 1. The van der Waals surface area contributed by atoms with E-state index < -0.39 is 5.60 Å². The molecule has 1 aromatic carbocycles. The first-order chi connectivity index (χ1) is 8.23. The Morgan fingerprint density at radius 3 is 2.11 bits per heavy atom. The van der Waals surface area contributed by atoms with Gasteiger partial charge in [-0.3, -0.25) is 4.79 Å². The minimum atomic E-state index is -1.44. The van der Waals surface area contributed by atoms with Gasteiger partial charge in [0.15, 0.2) is 5.78 Å². The van der Waals surface area contributed by atoms with E-state index in [0.29, 0.717) is 17.1 Å². The molecule has 0 aliphatic carbocycles. The molecule has 100 valence electrons. The molecule has 0 spiro atoms. The van der Waals surface area contributed by atoms with Crippen molar-refractivity contribution in [2.75, 3.05) is 14.2 Å². The second kappa shape index (κ2) is 4.98. The number of ketones is 1.